The second-order valence-corrected chi connectivity index (χ2v) is 5.38. The Morgan fingerprint density at radius 3 is 2.62 bits per heavy atom. The summed E-state index contributed by atoms with van der Waals surface area (Å²) in [5.74, 6) is -0.456. The molecule has 0 aliphatic heterocycles. The number of amides is 2. The number of carboxylic acids is 1. The minimum Gasteiger partial charge on any atom is -0.477 e. The van der Waals surface area contributed by atoms with Crippen molar-refractivity contribution in [2.24, 2.45) is 0 Å². The van der Waals surface area contributed by atoms with Crippen LogP contribution in [0.4, 0.5) is 4.79 Å². The predicted molar refractivity (Wildman–Crippen MR) is 74.1 cm³/mol. The molecule has 0 aliphatic carbocycles. The number of nitrogens with zero attached hydrogens (tertiary/aromatic N) is 2. The average molecular weight is 310 g/mol. The van der Waals surface area contributed by atoms with Crippen molar-refractivity contribution < 1.29 is 19.2 Å². The Balaban J connectivity index is 1.81. The van der Waals surface area contributed by atoms with Crippen molar-refractivity contribution in [3.8, 4) is 0 Å². The van der Waals surface area contributed by atoms with Gasteiger partial charge in [0.05, 0.1) is 24.5 Å². The van der Waals surface area contributed by atoms with Gasteiger partial charge in [0.1, 0.15) is 9.88 Å². The molecule has 0 aliphatic rings. The number of carbonyl (C=O) groups excluding carboxylic acids is 1. The fourth-order valence-electron chi connectivity index (χ4n) is 1.61. The first-order valence-corrected chi connectivity index (χ1v) is 6.91. The van der Waals surface area contributed by atoms with Crippen LogP contribution in [0.1, 0.15) is 31.8 Å². The Hall–Kier alpha value is -2.42. The second-order valence-electron chi connectivity index (χ2n) is 4.30. The van der Waals surface area contributed by atoms with Gasteiger partial charge in [0.15, 0.2) is 5.76 Å². The lowest BCUT2D eigenvalue weighted by Crippen LogP contribution is -2.34. The zero-order valence-electron chi connectivity index (χ0n) is 11.5. The third-order valence-corrected chi connectivity index (χ3v) is 3.68. The number of urea groups is 1. The van der Waals surface area contributed by atoms with Crippen LogP contribution in [0.5, 0.6) is 0 Å². The molecule has 2 rings (SSSR count). The SMILES string of the molecule is Cc1cc(CNC(=O)NCc2nc(C)c(C(=O)O)s2)on1. The molecule has 2 aromatic heterocycles. The van der Waals surface area contributed by atoms with E-state index < -0.39 is 12.0 Å². The maximum Gasteiger partial charge on any atom is 0.347 e. The molecule has 9 heteroatoms. The molecule has 0 saturated carbocycles. The average Bonchev–Trinajstić information content (AvgIpc) is 3.00. The third kappa shape index (κ3) is 4.02. The van der Waals surface area contributed by atoms with E-state index in [9.17, 15) is 9.59 Å². The molecule has 0 bridgehead atoms. The number of aryl methyl sites for hydroxylation is 2. The summed E-state index contributed by atoms with van der Waals surface area (Å²) in [6.07, 6.45) is 0. The smallest absolute Gasteiger partial charge is 0.347 e. The van der Waals surface area contributed by atoms with Crippen molar-refractivity contribution in [2.45, 2.75) is 26.9 Å². The van der Waals surface area contributed by atoms with Crippen LogP contribution in [0.2, 0.25) is 0 Å². The van der Waals surface area contributed by atoms with Gasteiger partial charge in [-0.05, 0) is 13.8 Å². The van der Waals surface area contributed by atoms with Crippen molar-refractivity contribution in [1.29, 1.82) is 0 Å². The van der Waals surface area contributed by atoms with E-state index in [4.69, 9.17) is 9.63 Å². The lowest BCUT2D eigenvalue weighted by molar-refractivity contribution is 0.0701. The van der Waals surface area contributed by atoms with Gasteiger partial charge < -0.3 is 20.3 Å². The molecule has 8 nitrogen and oxygen atoms in total. The van der Waals surface area contributed by atoms with E-state index in [1.807, 2.05) is 0 Å². The van der Waals surface area contributed by atoms with Crippen molar-refractivity contribution >= 4 is 23.3 Å². The number of thiazole rings is 1. The van der Waals surface area contributed by atoms with E-state index in [-0.39, 0.29) is 18.0 Å². The highest BCUT2D eigenvalue weighted by molar-refractivity contribution is 7.13. The van der Waals surface area contributed by atoms with E-state index in [0.717, 1.165) is 17.0 Å². The molecule has 0 fully saturated rings. The number of rotatable bonds is 5. The van der Waals surface area contributed by atoms with Gasteiger partial charge in [-0.15, -0.1) is 11.3 Å². The maximum absolute atomic E-state index is 11.6. The maximum atomic E-state index is 11.6. The van der Waals surface area contributed by atoms with Crippen molar-refractivity contribution in [3.05, 3.63) is 33.1 Å². The van der Waals surface area contributed by atoms with Gasteiger partial charge in [-0.2, -0.15) is 0 Å². The Bertz CT molecular complexity index is 664. The Kier molecular flexibility index (Phi) is 4.53. The number of aromatic nitrogens is 2. The first-order chi connectivity index (χ1) is 9.95. The fourth-order valence-corrected chi connectivity index (χ4v) is 2.45. The van der Waals surface area contributed by atoms with Gasteiger partial charge in [0.25, 0.3) is 0 Å². The number of carbonyl (C=O) groups is 2. The van der Waals surface area contributed by atoms with E-state index in [1.165, 1.54) is 0 Å². The van der Waals surface area contributed by atoms with Gasteiger partial charge >= 0.3 is 12.0 Å². The summed E-state index contributed by atoms with van der Waals surface area (Å²) < 4.78 is 4.95. The summed E-state index contributed by atoms with van der Waals surface area (Å²) in [6.45, 7) is 3.80. The summed E-state index contributed by atoms with van der Waals surface area (Å²) >= 11 is 1.05. The van der Waals surface area contributed by atoms with Gasteiger partial charge in [-0.3, -0.25) is 0 Å². The molecule has 2 heterocycles. The van der Waals surface area contributed by atoms with Gasteiger partial charge in [0, 0.05) is 6.07 Å². The van der Waals surface area contributed by atoms with E-state index >= 15 is 0 Å². The highest BCUT2D eigenvalue weighted by atomic mass is 32.1. The largest absolute Gasteiger partial charge is 0.477 e. The second kappa shape index (κ2) is 6.35. The zero-order valence-corrected chi connectivity index (χ0v) is 12.3. The van der Waals surface area contributed by atoms with Crippen LogP contribution >= 0.6 is 11.3 Å². The zero-order chi connectivity index (χ0) is 15.4. The summed E-state index contributed by atoms with van der Waals surface area (Å²) in [5, 5.41) is 18.4. The summed E-state index contributed by atoms with van der Waals surface area (Å²) in [6, 6.07) is 1.33. The fraction of sp³-hybridized carbons (Fsp3) is 0.333. The van der Waals surface area contributed by atoms with Crippen LogP contribution in [0, 0.1) is 13.8 Å². The summed E-state index contributed by atoms with van der Waals surface area (Å²) in [7, 11) is 0. The molecule has 0 unspecified atom stereocenters. The highest BCUT2D eigenvalue weighted by Gasteiger charge is 2.14. The number of nitrogens with one attached hydrogen (secondary N) is 2. The van der Waals surface area contributed by atoms with Crippen LogP contribution in [0.15, 0.2) is 10.6 Å². The Morgan fingerprint density at radius 2 is 2.05 bits per heavy atom. The highest BCUT2D eigenvalue weighted by Crippen LogP contribution is 2.17. The van der Waals surface area contributed by atoms with Crippen molar-refractivity contribution in [2.75, 3.05) is 0 Å². The Morgan fingerprint density at radius 1 is 1.33 bits per heavy atom. The van der Waals surface area contributed by atoms with Crippen LogP contribution in [0.3, 0.4) is 0 Å². The molecule has 112 valence electrons. The minimum absolute atomic E-state index is 0.167. The number of carboxylic acid groups (broad SMARTS) is 1. The molecule has 0 atom stereocenters. The third-order valence-electron chi connectivity index (χ3n) is 2.54. The molecule has 0 spiro atoms. The quantitative estimate of drug-likeness (QED) is 0.769. The molecule has 2 aromatic rings. The first kappa shape index (κ1) is 15.0. The molecule has 2 amide bonds. The lowest BCUT2D eigenvalue weighted by Gasteiger charge is -2.03. The van der Waals surface area contributed by atoms with E-state index in [0.29, 0.717) is 16.5 Å². The van der Waals surface area contributed by atoms with Gasteiger partial charge in [-0.25, -0.2) is 14.6 Å². The molecule has 21 heavy (non-hydrogen) atoms. The van der Waals surface area contributed by atoms with Crippen LogP contribution in [-0.4, -0.2) is 27.2 Å². The standard InChI is InChI=1S/C12H14N4O4S/c1-6-3-8(20-16-6)4-13-12(19)14-5-9-15-7(2)10(21-9)11(17)18/h3H,4-5H2,1-2H3,(H,17,18)(H2,13,14,19). The molecule has 0 saturated heterocycles. The van der Waals surface area contributed by atoms with Crippen LogP contribution in [0.25, 0.3) is 0 Å². The van der Waals surface area contributed by atoms with Crippen LogP contribution < -0.4 is 10.6 Å². The van der Waals surface area contributed by atoms with Gasteiger partial charge in [0.2, 0.25) is 0 Å². The molecular weight excluding hydrogens is 296 g/mol. The first-order valence-electron chi connectivity index (χ1n) is 6.09. The lowest BCUT2D eigenvalue weighted by atomic mass is 10.4. The Labute approximate surface area is 124 Å². The molecule has 0 radical (unpaired) electrons. The summed E-state index contributed by atoms with van der Waals surface area (Å²) in [4.78, 5) is 26.8. The molecule has 3 N–H and O–H groups in total. The molecular formula is C12H14N4O4S. The molecule has 0 aromatic carbocycles. The van der Waals surface area contributed by atoms with E-state index in [1.54, 1.807) is 19.9 Å². The normalized spacial score (nSPS) is 10.4. The van der Waals surface area contributed by atoms with Crippen LogP contribution in [-0.2, 0) is 13.1 Å². The predicted octanol–water partition coefficient (Wildman–Crippen LogP) is 1.45. The number of hydrogen-bond acceptors (Lipinski definition) is 6. The number of hydrogen-bond donors (Lipinski definition) is 3. The minimum atomic E-state index is -1.01. The topological polar surface area (TPSA) is 117 Å². The monoisotopic (exact) mass is 310 g/mol. The number of aromatic carboxylic acids is 1. The van der Waals surface area contributed by atoms with Crippen molar-refractivity contribution in [1.82, 2.24) is 20.8 Å². The summed E-state index contributed by atoms with van der Waals surface area (Å²) in [5.41, 5.74) is 1.19. The van der Waals surface area contributed by atoms with E-state index in [2.05, 4.69) is 20.8 Å². The van der Waals surface area contributed by atoms with Gasteiger partial charge in [-0.1, -0.05) is 5.16 Å². The van der Waals surface area contributed by atoms with Crippen molar-refractivity contribution in [3.63, 3.8) is 0 Å².